The zero-order valence-corrected chi connectivity index (χ0v) is 12.9. The summed E-state index contributed by atoms with van der Waals surface area (Å²) < 4.78 is 13.4. The van der Waals surface area contributed by atoms with E-state index in [1.54, 1.807) is 25.3 Å². The maximum atomic E-state index is 13.4. The molecule has 3 rings (SSSR count). The fraction of sp³-hybridized carbons (Fsp3) is 0.111. The Hall–Kier alpha value is -3.15. The minimum absolute atomic E-state index is 0.0557. The minimum Gasteiger partial charge on any atom is -0.478 e. The van der Waals surface area contributed by atoms with Crippen molar-refractivity contribution < 1.29 is 19.1 Å². The first-order chi connectivity index (χ1) is 11.4. The molecule has 5 nitrogen and oxygen atoms in total. The SMILES string of the molecule is Cc1ccc(C(=O)O)cc1NC(=O)Cc1c[nH]c2ccc(F)cc12. The molecule has 3 aromatic rings. The number of carboxylic acids is 1. The summed E-state index contributed by atoms with van der Waals surface area (Å²) in [5.41, 5.74) is 2.74. The molecule has 0 radical (unpaired) electrons. The molecule has 122 valence electrons. The Bertz CT molecular complexity index is 947. The summed E-state index contributed by atoms with van der Waals surface area (Å²) in [6.07, 6.45) is 1.73. The predicted molar refractivity (Wildman–Crippen MR) is 88.7 cm³/mol. The maximum absolute atomic E-state index is 13.4. The Morgan fingerprint density at radius 2 is 2.00 bits per heavy atom. The molecule has 0 saturated carbocycles. The Labute approximate surface area is 137 Å². The number of amides is 1. The van der Waals surface area contributed by atoms with Gasteiger partial charge in [0, 0.05) is 22.8 Å². The van der Waals surface area contributed by atoms with E-state index in [1.165, 1.54) is 24.3 Å². The number of carboxylic acid groups (broad SMARTS) is 1. The van der Waals surface area contributed by atoms with Crippen LogP contribution in [0.15, 0.2) is 42.6 Å². The first-order valence-corrected chi connectivity index (χ1v) is 7.33. The summed E-state index contributed by atoms with van der Waals surface area (Å²) in [7, 11) is 0. The van der Waals surface area contributed by atoms with Crippen molar-refractivity contribution in [3.8, 4) is 0 Å². The third kappa shape index (κ3) is 3.12. The number of H-pyrrole nitrogens is 1. The zero-order chi connectivity index (χ0) is 17.3. The second kappa shape index (κ2) is 6.16. The molecule has 0 saturated heterocycles. The normalized spacial score (nSPS) is 10.8. The van der Waals surface area contributed by atoms with Gasteiger partial charge >= 0.3 is 5.97 Å². The molecular formula is C18H15FN2O3. The predicted octanol–water partition coefficient (Wildman–Crippen LogP) is 3.49. The third-order valence-electron chi connectivity index (χ3n) is 3.84. The highest BCUT2D eigenvalue weighted by atomic mass is 19.1. The van der Waals surface area contributed by atoms with Gasteiger partial charge in [-0.1, -0.05) is 6.07 Å². The number of hydrogen-bond acceptors (Lipinski definition) is 2. The van der Waals surface area contributed by atoms with Crippen LogP contribution in [0.4, 0.5) is 10.1 Å². The van der Waals surface area contributed by atoms with Gasteiger partial charge in [0.1, 0.15) is 5.82 Å². The molecular weight excluding hydrogens is 311 g/mol. The van der Waals surface area contributed by atoms with Crippen molar-refractivity contribution in [3.05, 3.63) is 65.1 Å². The molecule has 3 N–H and O–H groups in total. The summed E-state index contributed by atoms with van der Waals surface area (Å²) >= 11 is 0. The van der Waals surface area contributed by atoms with Gasteiger partial charge in [0.15, 0.2) is 0 Å². The second-order valence-corrected chi connectivity index (χ2v) is 5.56. The monoisotopic (exact) mass is 326 g/mol. The average molecular weight is 326 g/mol. The fourth-order valence-corrected chi connectivity index (χ4v) is 2.55. The van der Waals surface area contributed by atoms with Gasteiger partial charge in [0.2, 0.25) is 5.91 Å². The molecule has 0 aliphatic carbocycles. The summed E-state index contributed by atoms with van der Waals surface area (Å²) in [5.74, 6) is -1.72. The molecule has 0 spiro atoms. The van der Waals surface area contributed by atoms with E-state index in [9.17, 15) is 14.0 Å². The van der Waals surface area contributed by atoms with E-state index in [0.717, 1.165) is 11.1 Å². The molecule has 1 heterocycles. The first kappa shape index (κ1) is 15.7. The molecule has 0 bridgehead atoms. The highest BCUT2D eigenvalue weighted by Gasteiger charge is 2.12. The van der Waals surface area contributed by atoms with Crippen molar-refractivity contribution in [2.75, 3.05) is 5.32 Å². The lowest BCUT2D eigenvalue weighted by molar-refractivity contribution is -0.115. The first-order valence-electron chi connectivity index (χ1n) is 7.33. The number of aromatic amines is 1. The number of benzene rings is 2. The number of rotatable bonds is 4. The number of aryl methyl sites for hydroxylation is 1. The van der Waals surface area contributed by atoms with Gasteiger partial charge in [-0.3, -0.25) is 4.79 Å². The van der Waals surface area contributed by atoms with Crippen LogP contribution in [0.5, 0.6) is 0 Å². The Morgan fingerprint density at radius 3 is 2.75 bits per heavy atom. The standard InChI is InChI=1S/C18H15FN2O3/c1-10-2-3-11(18(23)24)6-16(10)21-17(22)7-12-9-20-15-5-4-13(19)8-14(12)15/h2-6,8-9,20H,7H2,1H3,(H,21,22)(H,23,24). The van der Waals surface area contributed by atoms with E-state index < -0.39 is 5.97 Å². The lowest BCUT2D eigenvalue weighted by Gasteiger charge is -2.09. The van der Waals surface area contributed by atoms with Gasteiger partial charge in [-0.2, -0.15) is 0 Å². The summed E-state index contributed by atoms with van der Waals surface area (Å²) in [6.45, 7) is 1.78. The van der Waals surface area contributed by atoms with Crippen molar-refractivity contribution in [2.24, 2.45) is 0 Å². The lowest BCUT2D eigenvalue weighted by Crippen LogP contribution is -2.15. The van der Waals surface area contributed by atoms with Gasteiger partial charge in [0.05, 0.1) is 12.0 Å². The van der Waals surface area contributed by atoms with Crippen LogP contribution >= 0.6 is 0 Å². The molecule has 6 heteroatoms. The van der Waals surface area contributed by atoms with Gasteiger partial charge in [-0.25, -0.2) is 9.18 Å². The molecule has 24 heavy (non-hydrogen) atoms. The highest BCUT2D eigenvalue weighted by Crippen LogP contribution is 2.21. The van der Waals surface area contributed by atoms with Gasteiger partial charge in [0.25, 0.3) is 0 Å². The Balaban J connectivity index is 1.81. The molecule has 0 unspecified atom stereocenters. The van der Waals surface area contributed by atoms with Crippen LogP contribution in [0.2, 0.25) is 0 Å². The summed E-state index contributed by atoms with van der Waals surface area (Å²) in [4.78, 5) is 26.3. The minimum atomic E-state index is -1.06. The molecule has 0 fully saturated rings. The van der Waals surface area contributed by atoms with Crippen molar-refractivity contribution in [1.29, 1.82) is 0 Å². The summed E-state index contributed by atoms with van der Waals surface area (Å²) in [5, 5.41) is 12.4. The number of halogens is 1. The van der Waals surface area contributed by atoms with Crippen molar-refractivity contribution >= 4 is 28.5 Å². The van der Waals surface area contributed by atoms with E-state index in [1.807, 2.05) is 0 Å². The number of carbonyl (C=O) groups excluding carboxylic acids is 1. The third-order valence-corrected chi connectivity index (χ3v) is 3.84. The largest absolute Gasteiger partial charge is 0.478 e. The van der Waals surface area contributed by atoms with Crippen LogP contribution < -0.4 is 5.32 Å². The molecule has 0 aliphatic rings. The number of fused-ring (bicyclic) bond motifs is 1. The van der Waals surface area contributed by atoms with Crippen LogP contribution in [0, 0.1) is 12.7 Å². The van der Waals surface area contributed by atoms with E-state index >= 15 is 0 Å². The van der Waals surface area contributed by atoms with Gasteiger partial charge in [-0.05, 0) is 48.4 Å². The van der Waals surface area contributed by atoms with Crippen LogP contribution in [-0.2, 0) is 11.2 Å². The summed E-state index contributed by atoms with van der Waals surface area (Å²) in [6, 6.07) is 8.89. The number of carbonyl (C=O) groups is 2. The smallest absolute Gasteiger partial charge is 0.335 e. The Kier molecular flexibility index (Phi) is 4.04. The molecule has 1 aromatic heterocycles. The lowest BCUT2D eigenvalue weighted by atomic mass is 10.1. The Morgan fingerprint density at radius 1 is 1.21 bits per heavy atom. The van der Waals surface area contributed by atoms with E-state index in [-0.39, 0.29) is 23.7 Å². The molecule has 2 aromatic carbocycles. The topological polar surface area (TPSA) is 82.2 Å². The maximum Gasteiger partial charge on any atom is 0.335 e. The number of aromatic carboxylic acids is 1. The van der Waals surface area contributed by atoms with E-state index in [0.29, 0.717) is 16.6 Å². The second-order valence-electron chi connectivity index (χ2n) is 5.56. The molecule has 1 amide bonds. The van der Waals surface area contributed by atoms with Crippen molar-refractivity contribution in [1.82, 2.24) is 4.98 Å². The quantitative estimate of drug-likeness (QED) is 0.686. The molecule has 0 atom stereocenters. The number of hydrogen-bond donors (Lipinski definition) is 3. The number of aromatic nitrogens is 1. The van der Waals surface area contributed by atoms with Gasteiger partial charge < -0.3 is 15.4 Å². The van der Waals surface area contributed by atoms with E-state index in [4.69, 9.17) is 5.11 Å². The van der Waals surface area contributed by atoms with Crippen LogP contribution in [0.1, 0.15) is 21.5 Å². The number of anilines is 1. The zero-order valence-electron chi connectivity index (χ0n) is 12.9. The van der Waals surface area contributed by atoms with Crippen LogP contribution in [0.3, 0.4) is 0 Å². The average Bonchev–Trinajstić information content (AvgIpc) is 2.91. The fourth-order valence-electron chi connectivity index (χ4n) is 2.55. The van der Waals surface area contributed by atoms with Crippen LogP contribution in [-0.4, -0.2) is 22.0 Å². The van der Waals surface area contributed by atoms with Crippen molar-refractivity contribution in [2.45, 2.75) is 13.3 Å². The van der Waals surface area contributed by atoms with Crippen LogP contribution in [0.25, 0.3) is 10.9 Å². The highest BCUT2D eigenvalue weighted by molar-refractivity contribution is 5.97. The number of nitrogens with one attached hydrogen (secondary N) is 2. The van der Waals surface area contributed by atoms with Gasteiger partial charge in [-0.15, -0.1) is 0 Å². The van der Waals surface area contributed by atoms with Crippen molar-refractivity contribution in [3.63, 3.8) is 0 Å². The van der Waals surface area contributed by atoms with E-state index in [2.05, 4.69) is 10.3 Å². The molecule has 0 aliphatic heterocycles.